The third-order valence-electron chi connectivity index (χ3n) is 5.92. The summed E-state index contributed by atoms with van der Waals surface area (Å²) in [6.07, 6.45) is 3.33. The Labute approximate surface area is 206 Å². The number of hydrogen-bond donors (Lipinski definition) is 4. The molecule has 0 aliphatic carbocycles. The Kier molecular flexibility index (Phi) is 6.63. The number of pyridine rings is 2. The first-order valence-electron chi connectivity index (χ1n) is 10.9. The van der Waals surface area contributed by atoms with Crippen molar-refractivity contribution in [1.29, 1.82) is 0 Å². The lowest BCUT2D eigenvalue weighted by Crippen LogP contribution is -2.47. The van der Waals surface area contributed by atoms with E-state index in [0.717, 1.165) is 16.5 Å². The summed E-state index contributed by atoms with van der Waals surface area (Å²) in [6.45, 7) is 2.73. The van der Waals surface area contributed by atoms with Crippen molar-refractivity contribution in [2.45, 2.75) is 31.7 Å². The van der Waals surface area contributed by atoms with Crippen molar-refractivity contribution in [3.8, 4) is 22.8 Å². The van der Waals surface area contributed by atoms with Crippen molar-refractivity contribution >= 4 is 22.7 Å². The zero-order chi connectivity index (χ0) is 26.1. The van der Waals surface area contributed by atoms with Gasteiger partial charge >= 0.3 is 0 Å². The summed E-state index contributed by atoms with van der Waals surface area (Å²) in [6, 6.07) is 10.5. The molecule has 0 atom stereocenters. The molecular weight excluding hydrogens is 468 g/mol. The van der Waals surface area contributed by atoms with Crippen LogP contribution in [-0.2, 0) is 16.6 Å². The van der Waals surface area contributed by atoms with Crippen LogP contribution in [0.15, 0.2) is 53.3 Å². The van der Waals surface area contributed by atoms with E-state index in [1.807, 2.05) is 12.1 Å². The second kappa shape index (κ2) is 9.53. The Bertz CT molecular complexity index is 1390. The number of methoxy groups -OCH3 is 2. The SMILES string of the molecule is COc1cc2cc(-c3ccc(CC(=O)Nc4cc(C(C)(C)C(O)(O)O)no4)cn3)cnc2cc1OC. The summed E-state index contributed by atoms with van der Waals surface area (Å²) in [5.74, 6) is -2.20. The van der Waals surface area contributed by atoms with Gasteiger partial charge in [-0.2, -0.15) is 0 Å². The zero-order valence-corrected chi connectivity index (χ0v) is 20.1. The quantitative estimate of drug-likeness (QED) is 0.268. The van der Waals surface area contributed by atoms with E-state index < -0.39 is 11.4 Å². The molecule has 36 heavy (non-hydrogen) atoms. The Morgan fingerprint density at radius 1 is 1.00 bits per heavy atom. The first-order valence-corrected chi connectivity index (χ1v) is 10.9. The molecule has 11 nitrogen and oxygen atoms in total. The number of nitrogens with zero attached hydrogens (tertiary/aromatic N) is 3. The molecule has 0 aliphatic rings. The second-order valence-corrected chi connectivity index (χ2v) is 8.74. The average Bonchev–Trinajstić information content (AvgIpc) is 3.31. The number of anilines is 1. The van der Waals surface area contributed by atoms with Gasteiger partial charge < -0.3 is 29.3 Å². The van der Waals surface area contributed by atoms with Crippen LogP contribution in [0.3, 0.4) is 0 Å². The Morgan fingerprint density at radius 3 is 2.36 bits per heavy atom. The van der Waals surface area contributed by atoms with Crippen LogP contribution in [0.2, 0.25) is 0 Å². The highest BCUT2D eigenvalue weighted by atomic mass is 16.7. The normalized spacial score (nSPS) is 12.0. The highest BCUT2D eigenvalue weighted by Crippen LogP contribution is 2.33. The molecule has 0 fully saturated rings. The van der Waals surface area contributed by atoms with Gasteiger partial charge in [-0.05, 0) is 37.6 Å². The number of ether oxygens (including phenoxy) is 2. The maximum Gasteiger partial charge on any atom is 0.286 e. The summed E-state index contributed by atoms with van der Waals surface area (Å²) in [5.41, 5.74) is 1.41. The topological polar surface area (TPSA) is 160 Å². The minimum absolute atomic E-state index is 0.00574. The maximum atomic E-state index is 12.4. The molecule has 0 saturated carbocycles. The minimum Gasteiger partial charge on any atom is -0.493 e. The monoisotopic (exact) mass is 494 g/mol. The molecule has 188 valence electrons. The third kappa shape index (κ3) is 4.98. The lowest BCUT2D eigenvalue weighted by atomic mass is 9.86. The van der Waals surface area contributed by atoms with Crippen LogP contribution in [-0.4, -0.2) is 56.5 Å². The highest BCUT2D eigenvalue weighted by Gasteiger charge is 2.44. The number of nitrogens with one attached hydrogen (secondary N) is 1. The molecule has 11 heteroatoms. The Morgan fingerprint density at radius 2 is 1.72 bits per heavy atom. The lowest BCUT2D eigenvalue weighted by Gasteiger charge is -2.30. The van der Waals surface area contributed by atoms with Gasteiger partial charge in [0.15, 0.2) is 11.5 Å². The summed E-state index contributed by atoms with van der Waals surface area (Å²) < 4.78 is 15.7. The maximum absolute atomic E-state index is 12.4. The molecule has 1 aromatic carbocycles. The van der Waals surface area contributed by atoms with Crippen molar-refractivity contribution in [1.82, 2.24) is 15.1 Å². The van der Waals surface area contributed by atoms with Gasteiger partial charge in [0.25, 0.3) is 5.97 Å². The highest BCUT2D eigenvalue weighted by molar-refractivity contribution is 5.91. The molecule has 1 amide bonds. The van der Waals surface area contributed by atoms with E-state index in [1.54, 1.807) is 44.8 Å². The fourth-order valence-corrected chi connectivity index (χ4v) is 3.46. The third-order valence-corrected chi connectivity index (χ3v) is 5.92. The standard InChI is InChI=1S/C25H26N4O7/c1-24(2,25(31,32)33)21-11-23(36-29-21)28-22(30)7-14-5-6-17(26-12-14)16-8-15-9-19(34-3)20(35-4)10-18(15)27-13-16/h5-6,8-13,31-33H,7H2,1-4H3,(H,28,30). The number of aromatic nitrogens is 3. The summed E-state index contributed by atoms with van der Waals surface area (Å²) in [7, 11) is 3.14. The molecular formula is C25H26N4O7. The van der Waals surface area contributed by atoms with Gasteiger partial charge in [0.05, 0.1) is 43.0 Å². The summed E-state index contributed by atoms with van der Waals surface area (Å²) in [4.78, 5) is 21.4. The molecule has 0 saturated heterocycles. The molecule has 4 aromatic rings. The lowest BCUT2D eigenvalue weighted by molar-refractivity contribution is -0.347. The van der Waals surface area contributed by atoms with Gasteiger partial charge in [0.1, 0.15) is 0 Å². The van der Waals surface area contributed by atoms with E-state index >= 15 is 0 Å². The molecule has 3 aromatic heterocycles. The molecule has 4 N–H and O–H groups in total. The molecule has 0 bridgehead atoms. The molecule has 0 radical (unpaired) electrons. The second-order valence-electron chi connectivity index (χ2n) is 8.74. The smallest absolute Gasteiger partial charge is 0.286 e. The average molecular weight is 495 g/mol. The zero-order valence-electron chi connectivity index (χ0n) is 20.1. The van der Waals surface area contributed by atoms with Crippen molar-refractivity contribution in [2.75, 3.05) is 19.5 Å². The molecule has 0 spiro atoms. The number of amides is 1. The number of rotatable bonds is 8. The fourth-order valence-electron chi connectivity index (χ4n) is 3.46. The number of aliphatic hydroxyl groups is 3. The van der Waals surface area contributed by atoms with Gasteiger partial charge in [-0.25, -0.2) is 0 Å². The number of fused-ring (bicyclic) bond motifs is 1. The molecule has 3 heterocycles. The van der Waals surface area contributed by atoms with Gasteiger partial charge in [-0.3, -0.25) is 20.1 Å². The van der Waals surface area contributed by atoms with Crippen molar-refractivity contribution in [3.63, 3.8) is 0 Å². The number of benzene rings is 1. The first-order chi connectivity index (χ1) is 17.0. The van der Waals surface area contributed by atoms with Crippen molar-refractivity contribution < 1.29 is 34.1 Å². The van der Waals surface area contributed by atoms with E-state index in [9.17, 15) is 20.1 Å². The van der Waals surface area contributed by atoms with Crippen LogP contribution in [0.25, 0.3) is 22.2 Å². The van der Waals surface area contributed by atoms with Gasteiger partial charge in [0.2, 0.25) is 11.8 Å². The van der Waals surface area contributed by atoms with Crippen LogP contribution >= 0.6 is 0 Å². The number of carbonyl (C=O) groups excluding carboxylic acids is 1. The largest absolute Gasteiger partial charge is 0.493 e. The summed E-state index contributed by atoms with van der Waals surface area (Å²) in [5, 5.41) is 35.6. The number of carbonyl (C=O) groups is 1. The molecule has 0 aliphatic heterocycles. The summed E-state index contributed by atoms with van der Waals surface area (Å²) >= 11 is 0. The predicted molar refractivity (Wildman–Crippen MR) is 129 cm³/mol. The minimum atomic E-state index is -3.02. The van der Waals surface area contributed by atoms with Gasteiger partial charge in [0, 0.05) is 35.5 Å². The van der Waals surface area contributed by atoms with Crippen LogP contribution in [0, 0.1) is 0 Å². The van der Waals surface area contributed by atoms with Crippen molar-refractivity contribution in [3.05, 3.63) is 60.0 Å². The van der Waals surface area contributed by atoms with Gasteiger partial charge in [-0.1, -0.05) is 11.2 Å². The van der Waals surface area contributed by atoms with Crippen LogP contribution < -0.4 is 14.8 Å². The van der Waals surface area contributed by atoms with E-state index in [-0.39, 0.29) is 23.9 Å². The van der Waals surface area contributed by atoms with E-state index in [0.29, 0.717) is 22.8 Å². The Balaban J connectivity index is 1.45. The van der Waals surface area contributed by atoms with E-state index in [1.165, 1.54) is 19.9 Å². The first kappa shape index (κ1) is 25.0. The fraction of sp³-hybridized carbons (Fsp3) is 0.280. The number of hydrogen-bond acceptors (Lipinski definition) is 10. The van der Waals surface area contributed by atoms with Gasteiger partial charge in [-0.15, -0.1) is 0 Å². The van der Waals surface area contributed by atoms with Crippen LogP contribution in [0.4, 0.5) is 5.88 Å². The van der Waals surface area contributed by atoms with Crippen molar-refractivity contribution in [2.24, 2.45) is 0 Å². The van der Waals surface area contributed by atoms with Crippen LogP contribution in [0.1, 0.15) is 25.1 Å². The molecule has 4 rings (SSSR count). The van der Waals surface area contributed by atoms with E-state index in [4.69, 9.17) is 14.0 Å². The predicted octanol–water partition coefficient (Wildman–Crippen LogP) is 2.39. The van der Waals surface area contributed by atoms with Crippen LogP contribution in [0.5, 0.6) is 11.5 Å². The molecule has 0 unspecified atom stereocenters. The Hall–Kier alpha value is -4.06. The van der Waals surface area contributed by atoms with E-state index in [2.05, 4.69) is 20.4 Å².